The number of thiazole rings is 2. The zero-order valence-electron chi connectivity index (χ0n) is 36.1. The number of ether oxygens (including phenoxy) is 2. The van der Waals surface area contributed by atoms with Crippen molar-refractivity contribution in [3.05, 3.63) is 92.6 Å². The summed E-state index contributed by atoms with van der Waals surface area (Å²) in [6, 6.07) is 22.1. The quantitative estimate of drug-likeness (QED) is 0.0567. The molecule has 0 aliphatic carbocycles. The maximum Gasteiger partial charge on any atom is 0.265 e. The number of carbonyl (C=O) groups is 2. The summed E-state index contributed by atoms with van der Waals surface area (Å²) in [7, 11) is 1.71. The van der Waals surface area contributed by atoms with Crippen LogP contribution in [-0.4, -0.2) is 79.6 Å². The maximum atomic E-state index is 12.6. The zero-order chi connectivity index (χ0) is 47.3. The molecule has 2 aliphatic rings. The van der Waals surface area contributed by atoms with Gasteiger partial charge in [0.1, 0.15) is 30.2 Å². The lowest BCUT2D eigenvalue weighted by Crippen LogP contribution is -2.22. The van der Waals surface area contributed by atoms with Crippen LogP contribution in [0.3, 0.4) is 0 Å². The summed E-state index contributed by atoms with van der Waals surface area (Å²) in [5.41, 5.74) is 0. The second-order valence-corrected chi connectivity index (χ2v) is 28.9. The zero-order valence-corrected chi connectivity index (χ0v) is 47.5. The second kappa shape index (κ2) is 20.7. The Hall–Kier alpha value is -3.20. The molecule has 22 heteroatoms. The van der Waals surface area contributed by atoms with Gasteiger partial charge in [0.15, 0.2) is 0 Å². The molecule has 0 spiro atoms. The largest absolute Gasteiger partial charge is 0.491 e. The summed E-state index contributed by atoms with van der Waals surface area (Å²) in [6.45, 7) is 1.20. The number of thioether (sulfide) groups is 4. The van der Waals surface area contributed by atoms with Gasteiger partial charge in [-0.05, 0) is 85.3 Å². The van der Waals surface area contributed by atoms with E-state index in [1.165, 1.54) is 67.4 Å². The molecule has 0 unspecified atom stereocenters. The van der Waals surface area contributed by atoms with E-state index in [2.05, 4.69) is 83.5 Å². The summed E-state index contributed by atoms with van der Waals surface area (Å²) in [6.07, 6.45) is 11.6. The molecule has 69 heavy (non-hydrogen) atoms. The second-order valence-electron chi connectivity index (χ2n) is 14.9. The molecular formula is C47H32N4O4S14. The van der Waals surface area contributed by atoms with E-state index >= 15 is 0 Å². The number of aromatic nitrogens is 2. The summed E-state index contributed by atoms with van der Waals surface area (Å²) in [5, 5.41) is 6.68. The summed E-state index contributed by atoms with van der Waals surface area (Å²) >= 11 is 30.3. The van der Waals surface area contributed by atoms with Crippen LogP contribution in [0.25, 0.3) is 91.1 Å². The van der Waals surface area contributed by atoms with Crippen LogP contribution in [0, 0.1) is 0 Å². The van der Waals surface area contributed by atoms with Gasteiger partial charge in [0, 0.05) is 90.5 Å². The Bertz CT molecular complexity index is 3490. The topological polar surface area (TPSA) is 93.7 Å². The number of rotatable bonds is 16. The van der Waals surface area contributed by atoms with Crippen LogP contribution in [0.1, 0.15) is 9.75 Å². The molecule has 2 amide bonds. The third-order valence-electron chi connectivity index (χ3n) is 10.5. The van der Waals surface area contributed by atoms with Crippen molar-refractivity contribution in [3.63, 3.8) is 0 Å². The number of thiophene rings is 6. The first kappa shape index (κ1) is 48.1. The normalized spacial score (nSPS) is 15.4. The van der Waals surface area contributed by atoms with E-state index in [1.54, 1.807) is 121 Å². The molecule has 1 N–H and O–H groups in total. The standard InChI is InChI=1S/C47H32N4O4S14/c1-51-45(53)37(69-47(51)57)17-23-21-49-44(61-23)33-11-9-29(65-33)27-5-7-31(63-27)35-19-25-39(55-13-15-59-3)40-24(38(41(25)67-35)54-12-14-58-2)18-34(66-40)30-6-4-26(62-30)28-8-10-32(64-28)43-48-20-22(60-43)16-36-42(52)50-46(56)68-36/h4-11,16-21H,12-15H2,1-3H3,(H,50,52,56)/b36-16-,37-17-. The van der Waals surface area contributed by atoms with Gasteiger partial charge in [-0.1, -0.05) is 48.0 Å². The van der Waals surface area contributed by atoms with Gasteiger partial charge < -0.3 is 14.8 Å². The van der Waals surface area contributed by atoms with Crippen LogP contribution in [0.5, 0.6) is 11.5 Å². The number of benzene rings is 1. The van der Waals surface area contributed by atoms with Crippen molar-refractivity contribution >= 4 is 215 Å². The highest BCUT2D eigenvalue weighted by Crippen LogP contribution is 2.55. The van der Waals surface area contributed by atoms with Crippen LogP contribution >= 0.6 is 162 Å². The van der Waals surface area contributed by atoms with Crippen LogP contribution in [0.4, 0.5) is 0 Å². The number of nitrogens with zero attached hydrogens (tertiary/aromatic N) is 3. The fraction of sp³-hybridized carbons (Fsp3) is 0.149. The number of likely N-dealkylation sites (N-methyl/N-ethyl adjacent to an activating group) is 1. The van der Waals surface area contributed by atoms with Crippen LogP contribution in [0.2, 0.25) is 0 Å². The molecule has 0 atom stereocenters. The molecule has 8 aromatic heterocycles. The molecule has 0 saturated carbocycles. The van der Waals surface area contributed by atoms with Gasteiger partial charge in [-0.2, -0.15) is 23.5 Å². The van der Waals surface area contributed by atoms with Gasteiger partial charge in [-0.25, -0.2) is 9.97 Å². The SMILES string of the molecule is CSCCOc1c2cc(-c3ccc(-c4ccc(-c5ncc(/C=C6\SC(=S)N(C)C6=O)s5)s4)s3)sc2c(OCCSC)c2cc(-c3ccc(-c4ccc(-c5ncc(/C=C6\SC(=S)NC6=O)s5)s4)s3)sc12. The van der Waals surface area contributed by atoms with Gasteiger partial charge in [-0.15, -0.1) is 90.7 Å². The molecule has 348 valence electrons. The number of hydrogen-bond acceptors (Lipinski definition) is 20. The Kier molecular flexibility index (Phi) is 14.4. The van der Waals surface area contributed by atoms with Crippen molar-refractivity contribution in [2.75, 3.05) is 44.3 Å². The number of hydrogen-bond donors (Lipinski definition) is 1. The van der Waals surface area contributed by atoms with E-state index in [1.807, 2.05) is 24.5 Å². The van der Waals surface area contributed by atoms with Gasteiger partial charge in [0.2, 0.25) is 0 Å². The van der Waals surface area contributed by atoms with Crippen molar-refractivity contribution in [1.29, 1.82) is 0 Å². The predicted molar refractivity (Wildman–Crippen MR) is 318 cm³/mol. The Morgan fingerprint density at radius 2 is 1.03 bits per heavy atom. The molecule has 2 saturated heterocycles. The fourth-order valence-corrected chi connectivity index (χ4v) is 18.6. The number of nitrogens with one attached hydrogen (secondary N) is 1. The first-order valence-corrected chi connectivity index (χ1v) is 32.4. The van der Waals surface area contributed by atoms with Crippen molar-refractivity contribution in [1.82, 2.24) is 20.2 Å². The van der Waals surface area contributed by atoms with Crippen LogP contribution in [0.15, 0.2) is 82.9 Å². The van der Waals surface area contributed by atoms with Crippen molar-refractivity contribution < 1.29 is 19.1 Å². The van der Waals surface area contributed by atoms with E-state index in [4.69, 9.17) is 38.9 Å². The summed E-state index contributed by atoms with van der Waals surface area (Å²) in [5.74, 6) is 3.37. The third-order valence-corrected chi connectivity index (χ3v) is 23.9. The average Bonchev–Trinajstić information content (AvgIpc) is 4.18. The number of amides is 2. The Morgan fingerprint density at radius 1 is 0.594 bits per heavy atom. The Balaban J connectivity index is 0.883. The number of carbonyl (C=O) groups excluding carboxylic acids is 2. The predicted octanol–water partition coefficient (Wildman–Crippen LogP) is 16.1. The molecule has 0 radical (unpaired) electrons. The lowest BCUT2D eigenvalue weighted by atomic mass is 10.1. The Labute approximate surface area is 456 Å². The lowest BCUT2D eigenvalue weighted by Gasteiger charge is -2.13. The highest BCUT2D eigenvalue weighted by molar-refractivity contribution is 8.27. The van der Waals surface area contributed by atoms with Gasteiger partial charge >= 0.3 is 0 Å². The molecule has 2 fully saturated rings. The molecular weight excluding hydrogens is 1130 g/mol. The number of fused-ring (bicyclic) bond motifs is 2. The fourth-order valence-electron chi connectivity index (χ4n) is 7.22. The van der Waals surface area contributed by atoms with Crippen molar-refractivity contribution in [3.8, 4) is 70.3 Å². The van der Waals surface area contributed by atoms with Gasteiger partial charge in [0.25, 0.3) is 11.8 Å². The smallest absolute Gasteiger partial charge is 0.265 e. The van der Waals surface area contributed by atoms with E-state index < -0.39 is 0 Å². The molecule has 2 aliphatic heterocycles. The van der Waals surface area contributed by atoms with Crippen molar-refractivity contribution in [2.24, 2.45) is 0 Å². The van der Waals surface area contributed by atoms with E-state index in [9.17, 15) is 9.59 Å². The van der Waals surface area contributed by atoms with Crippen LogP contribution < -0.4 is 14.8 Å². The third kappa shape index (κ3) is 9.88. The minimum atomic E-state index is -0.162. The monoisotopic (exact) mass is 1160 g/mol. The first-order valence-electron chi connectivity index (χ1n) is 20.7. The van der Waals surface area contributed by atoms with Crippen LogP contribution in [-0.2, 0) is 9.59 Å². The molecule has 1 aromatic carbocycles. The molecule has 8 nitrogen and oxygen atoms in total. The minimum absolute atomic E-state index is 0.0743. The lowest BCUT2D eigenvalue weighted by molar-refractivity contribution is -0.121. The summed E-state index contributed by atoms with van der Waals surface area (Å²) < 4.78 is 16.8. The molecule has 10 heterocycles. The summed E-state index contributed by atoms with van der Waals surface area (Å²) in [4.78, 5) is 50.4. The van der Waals surface area contributed by atoms with Gasteiger partial charge in [-0.3, -0.25) is 14.5 Å². The highest BCUT2D eigenvalue weighted by Gasteiger charge is 2.29. The molecule has 9 aromatic rings. The molecule has 11 rings (SSSR count). The highest BCUT2D eigenvalue weighted by atomic mass is 32.2. The van der Waals surface area contributed by atoms with Gasteiger partial charge in [0.05, 0.1) is 42.2 Å². The number of thiocarbonyl (C=S) groups is 2. The average molecular weight is 1170 g/mol. The van der Waals surface area contributed by atoms with Crippen molar-refractivity contribution in [2.45, 2.75) is 0 Å². The first-order chi connectivity index (χ1) is 33.6. The Morgan fingerprint density at radius 3 is 1.45 bits per heavy atom. The van der Waals surface area contributed by atoms with E-state index in [0.29, 0.717) is 31.7 Å². The molecule has 0 bridgehead atoms. The van der Waals surface area contributed by atoms with E-state index in [-0.39, 0.29) is 11.8 Å². The minimum Gasteiger partial charge on any atom is -0.491 e. The van der Waals surface area contributed by atoms with E-state index in [0.717, 1.165) is 72.7 Å². The maximum absolute atomic E-state index is 12.6.